The molecule has 0 saturated heterocycles. The first-order valence-electron chi connectivity index (χ1n) is 3.32. The molecule has 0 atom stereocenters. The molecule has 0 saturated carbocycles. The normalized spacial score (nSPS) is 10.2. The molecule has 2 aromatic heterocycles. The maximum absolute atomic E-state index is 11.7. The molecule has 0 radical (unpaired) electrons. The van der Waals surface area contributed by atoms with Crippen LogP contribution in [0.1, 0.15) is 16.1 Å². The van der Waals surface area contributed by atoms with E-state index in [2.05, 4.69) is 25.3 Å². The number of aromatic nitrogens is 2. The molecule has 6 heteroatoms. The second-order valence-corrected chi connectivity index (χ2v) is 5.05. The van der Waals surface area contributed by atoms with Gasteiger partial charge >= 0.3 is 0 Å². The number of halogens is 1. The van der Waals surface area contributed by atoms with Gasteiger partial charge in [0.25, 0.3) is 0 Å². The molecule has 2 rings (SSSR count). The molecule has 0 N–H and O–H groups in total. The fraction of sp³-hybridized carbons (Fsp3) is 0. The molecule has 0 aliphatic heterocycles. The van der Waals surface area contributed by atoms with Crippen LogP contribution >= 0.6 is 38.8 Å². The summed E-state index contributed by atoms with van der Waals surface area (Å²) in [5.74, 6) is -0.0816. The van der Waals surface area contributed by atoms with Crippen molar-refractivity contribution in [2.24, 2.45) is 0 Å². The Bertz CT molecular complexity index is 423. The Balaban J connectivity index is 2.39. The molecule has 3 nitrogen and oxygen atoms in total. The highest BCUT2D eigenvalue weighted by Gasteiger charge is 2.15. The molecule has 2 heterocycles. The van der Waals surface area contributed by atoms with Gasteiger partial charge in [0.2, 0.25) is 5.78 Å². The van der Waals surface area contributed by atoms with E-state index in [-0.39, 0.29) is 5.78 Å². The van der Waals surface area contributed by atoms with Gasteiger partial charge in [0.05, 0.1) is 17.3 Å². The van der Waals surface area contributed by atoms with Crippen LogP contribution in [0, 0.1) is 0 Å². The Hall–Kier alpha value is -0.590. The molecule has 66 valence electrons. The van der Waals surface area contributed by atoms with Crippen LogP contribution < -0.4 is 0 Å². The van der Waals surface area contributed by atoms with Gasteiger partial charge in [-0.1, -0.05) is 0 Å². The molecular weight excluding hydrogens is 272 g/mol. The van der Waals surface area contributed by atoms with E-state index in [1.54, 1.807) is 17.1 Å². The molecule has 0 fully saturated rings. The zero-order valence-corrected chi connectivity index (χ0v) is 9.45. The highest BCUT2D eigenvalue weighted by Crippen LogP contribution is 2.23. The van der Waals surface area contributed by atoms with Crippen molar-refractivity contribution in [2.45, 2.75) is 0 Å². The Morgan fingerprint density at radius 2 is 2.38 bits per heavy atom. The Kier molecular flexibility index (Phi) is 2.52. The second kappa shape index (κ2) is 3.65. The van der Waals surface area contributed by atoms with E-state index in [1.807, 2.05) is 0 Å². The first-order chi connectivity index (χ1) is 6.29. The van der Waals surface area contributed by atoms with Gasteiger partial charge < -0.3 is 0 Å². The van der Waals surface area contributed by atoms with Crippen LogP contribution in [0.25, 0.3) is 0 Å². The summed E-state index contributed by atoms with van der Waals surface area (Å²) in [4.78, 5) is 15.6. The van der Waals surface area contributed by atoms with Gasteiger partial charge in [-0.2, -0.15) is 0 Å². The fourth-order valence-electron chi connectivity index (χ4n) is 0.833. The number of ketones is 1. The quantitative estimate of drug-likeness (QED) is 0.791. The van der Waals surface area contributed by atoms with Crippen molar-refractivity contribution in [1.82, 2.24) is 9.36 Å². The van der Waals surface area contributed by atoms with E-state index in [0.717, 1.165) is 3.79 Å². The van der Waals surface area contributed by atoms with E-state index in [4.69, 9.17) is 0 Å². The lowest BCUT2D eigenvalue weighted by molar-refractivity contribution is 0.103. The lowest BCUT2D eigenvalue weighted by Crippen LogP contribution is -2.00. The second-order valence-electron chi connectivity index (χ2n) is 2.22. The van der Waals surface area contributed by atoms with Gasteiger partial charge in [-0.3, -0.25) is 4.79 Å². The molecule has 0 bridgehead atoms. The first-order valence-corrected chi connectivity index (χ1v) is 5.83. The standard InChI is InChI=1S/C7H3BrN2OS2/c8-7-5(9-3-12-7)6(11)4-1-10-13-2-4/h1-3H. The molecule has 0 amide bonds. The monoisotopic (exact) mass is 274 g/mol. The van der Waals surface area contributed by atoms with Gasteiger partial charge in [-0.25, -0.2) is 9.36 Å². The van der Waals surface area contributed by atoms with Gasteiger partial charge in [0.1, 0.15) is 9.48 Å². The SMILES string of the molecule is O=C(c1cnsc1)c1ncsc1Br. The maximum Gasteiger partial charge on any atom is 0.215 e. The molecule has 0 aliphatic carbocycles. The minimum absolute atomic E-state index is 0.0816. The van der Waals surface area contributed by atoms with Crippen LogP contribution in [-0.4, -0.2) is 15.1 Å². The van der Waals surface area contributed by atoms with Gasteiger partial charge in [-0.15, -0.1) is 11.3 Å². The average molecular weight is 275 g/mol. The summed E-state index contributed by atoms with van der Waals surface area (Å²) in [5.41, 5.74) is 2.69. The van der Waals surface area contributed by atoms with Crippen molar-refractivity contribution in [1.29, 1.82) is 0 Å². The minimum Gasteiger partial charge on any atom is -0.287 e. The van der Waals surface area contributed by atoms with Crippen LogP contribution in [0.4, 0.5) is 0 Å². The Morgan fingerprint density at radius 1 is 1.54 bits per heavy atom. The van der Waals surface area contributed by atoms with E-state index in [9.17, 15) is 4.79 Å². The molecular formula is C7H3BrN2OS2. The summed E-state index contributed by atoms with van der Waals surface area (Å²) >= 11 is 5.93. The van der Waals surface area contributed by atoms with Crippen molar-refractivity contribution in [3.8, 4) is 0 Å². The number of carbonyl (C=O) groups is 1. The van der Waals surface area contributed by atoms with E-state index < -0.39 is 0 Å². The lowest BCUT2D eigenvalue weighted by atomic mass is 10.2. The predicted molar refractivity (Wildman–Crippen MR) is 55.4 cm³/mol. The largest absolute Gasteiger partial charge is 0.287 e. The third-order valence-electron chi connectivity index (χ3n) is 1.43. The highest BCUT2D eigenvalue weighted by atomic mass is 79.9. The van der Waals surface area contributed by atoms with Crippen molar-refractivity contribution in [3.63, 3.8) is 0 Å². The van der Waals surface area contributed by atoms with Crippen molar-refractivity contribution in [2.75, 3.05) is 0 Å². The maximum atomic E-state index is 11.7. The zero-order valence-electron chi connectivity index (χ0n) is 6.23. The highest BCUT2D eigenvalue weighted by molar-refractivity contribution is 9.11. The van der Waals surface area contributed by atoms with Gasteiger partial charge in [0.15, 0.2) is 0 Å². The predicted octanol–water partition coefficient (Wildman–Crippen LogP) is 2.59. The van der Waals surface area contributed by atoms with Gasteiger partial charge in [-0.05, 0) is 27.5 Å². The topological polar surface area (TPSA) is 42.9 Å². The van der Waals surface area contributed by atoms with Crippen molar-refractivity contribution < 1.29 is 4.79 Å². The third-order valence-corrected chi connectivity index (χ3v) is 3.57. The Morgan fingerprint density at radius 3 is 2.92 bits per heavy atom. The summed E-state index contributed by atoms with van der Waals surface area (Å²) in [6, 6.07) is 0. The number of nitrogens with zero attached hydrogens (tertiary/aromatic N) is 2. The fourth-order valence-corrected chi connectivity index (χ4v) is 2.39. The minimum atomic E-state index is -0.0816. The molecule has 0 spiro atoms. The first kappa shape index (κ1) is 8.98. The number of thiazole rings is 1. The van der Waals surface area contributed by atoms with Crippen LogP contribution in [0.5, 0.6) is 0 Å². The Labute approximate surface area is 90.7 Å². The third kappa shape index (κ3) is 1.70. The van der Waals surface area contributed by atoms with Crippen molar-refractivity contribution in [3.05, 3.63) is 32.1 Å². The number of hydrogen-bond donors (Lipinski definition) is 0. The van der Waals surface area contributed by atoms with E-state index >= 15 is 0 Å². The number of rotatable bonds is 2. The molecule has 0 unspecified atom stereocenters. The summed E-state index contributed by atoms with van der Waals surface area (Å²) in [6.45, 7) is 0. The summed E-state index contributed by atoms with van der Waals surface area (Å²) in [5, 5.41) is 1.72. The summed E-state index contributed by atoms with van der Waals surface area (Å²) in [6.07, 6.45) is 1.55. The lowest BCUT2D eigenvalue weighted by Gasteiger charge is -1.91. The number of hydrogen-bond acceptors (Lipinski definition) is 5. The van der Waals surface area contributed by atoms with Crippen LogP contribution in [-0.2, 0) is 0 Å². The van der Waals surface area contributed by atoms with Gasteiger partial charge in [0, 0.05) is 5.38 Å². The van der Waals surface area contributed by atoms with Crippen LogP contribution in [0.15, 0.2) is 20.9 Å². The molecule has 0 aromatic carbocycles. The molecule has 0 aliphatic rings. The zero-order chi connectivity index (χ0) is 9.26. The summed E-state index contributed by atoms with van der Waals surface area (Å²) in [7, 11) is 0. The molecule has 13 heavy (non-hydrogen) atoms. The van der Waals surface area contributed by atoms with Crippen LogP contribution in [0.3, 0.4) is 0 Å². The van der Waals surface area contributed by atoms with Crippen molar-refractivity contribution >= 4 is 44.6 Å². The van der Waals surface area contributed by atoms with Crippen LogP contribution in [0.2, 0.25) is 0 Å². The summed E-state index contributed by atoms with van der Waals surface area (Å²) < 4.78 is 4.63. The molecule has 2 aromatic rings. The number of carbonyl (C=O) groups excluding carboxylic acids is 1. The smallest absolute Gasteiger partial charge is 0.215 e. The van der Waals surface area contributed by atoms with E-state index in [1.165, 1.54) is 22.9 Å². The van der Waals surface area contributed by atoms with E-state index in [0.29, 0.717) is 11.3 Å². The average Bonchev–Trinajstić information content (AvgIpc) is 2.72.